The van der Waals surface area contributed by atoms with Crippen molar-refractivity contribution in [2.45, 2.75) is 40.2 Å². The van der Waals surface area contributed by atoms with Crippen molar-refractivity contribution in [2.75, 3.05) is 13.2 Å². The number of nitriles is 1. The zero-order valence-corrected chi connectivity index (χ0v) is 14.1. The molecule has 1 fully saturated rings. The van der Waals surface area contributed by atoms with Gasteiger partial charge in [0.15, 0.2) is 0 Å². The molecule has 118 valence electrons. The van der Waals surface area contributed by atoms with Gasteiger partial charge in [-0.3, -0.25) is 0 Å². The first-order valence-corrected chi connectivity index (χ1v) is 7.88. The minimum Gasteiger partial charge on any atom is -0.312 e. The fourth-order valence-corrected chi connectivity index (χ4v) is 2.99. The second-order valence-electron chi connectivity index (χ2n) is 7.09. The van der Waals surface area contributed by atoms with Crippen LogP contribution in [0.15, 0.2) is 23.3 Å². The van der Waals surface area contributed by atoms with E-state index in [4.69, 9.17) is 11.6 Å². The molecular weight excluding hydrogens is 287 g/mol. The Bertz CT molecular complexity index is 431. The third-order valence-corrected chi connectivity index (χ3v) is 4.21. The maximum absolute atomic E-state index is 12.3. The lowest BCUT2D eigenvalue weighted by Crippen LogP contribution is -2.31. The Kier molecular flexibility index (Phi) is 6.90. The highest BCUT2D eigenvalue weighted by molar-refractivity contribution is 6.29. The second-order valence-corrected chi connectivity index (χ2v) is 7.57. The molecule has 0 saturated carbocycles. The average Bonchev–Trinajstić information content (AvgIpc) is 2.78. The maximum Gasteiger partial charge on any atom is 0.125 e. The molecule has 4 unspecified atom stereocenters. The van der Waals surface area contributed by atoms with Crippen LogP contribution < -0.4 is 5.32 Å². The average molecular weight is 313 g/mol. The lowest BCUT2D eigenvalue weighted by molar-refractivity contribution is 0.286. The Labute approximate surface area is 133 Å². The molecule has 1 saturated heterocycles. The van der Waals surface area contributed by atoms with E-state index >= 15 is 0 Å². The number of rotatable bonds is 5. The van der Waals surface area contributed by atoms with Crippen LogP contribution in [0.25, 0.3) is 0 Å². The highest BCUT2D eigenvalue weighted by Crippen LogP contribution is 2.35. The van der Waals surface area contributed by atoms with E-state index < -0.39 is 6.67 Å². The van der Waals surface area contributed by atoms with Crippen molar-refractivity contribution in [1.29, 1.82) is 5.26 Å². The molecule has 0 amide bonds. The first-order valence-electron chi connectivity index (χ1n) is 7.50. The highest BCUT2D eigenvalue weighted by atomic mass is 35.5. The molecule has 2 nitrogen and oxygen atoms in total. The predicted molar refractivity (Wildman–Crippen MR) is 86.7 cm³/mol. The highest BCUT2D eigenvalue weighted by Gasteiger charge is 2.39. The maximum atomic E-state index is 12.3. The monoisotopic (exact) mass is 312 g/mol. The molecule has 0 radical (unpaired) electrons. The molecule has 1 aliphatic rings. The van der Waals surface area contributed by atoms with E-state index in [1.807, 2.05) is 6.08 Å². The van der Waals surface area contributed by atoms with Gasteiger partial charge in [0.25, 0.3) is 0 Å². The van der Waals surface area contributed by atoms with Gasteiger partial charge in [0, 0.05) is 17.6 Å². The summed E-state index contributed by atoms with van der Waals surface area (Å²) < 4.78 is 12.3. The summed E-state index contributed by atoms with van der Waals surface area (Å²) in [6.07, 6.45) is 6.37. The van der Waals surface area contributed by atoms with Gasteiger partial charge < -0.3 is 5.32 Å². The summed E-state index contributed by atoms with van der Waals surface area (Å²) in [5, 5.41) is 13.2. The van der Waals surface area contributed by atoms with Crippen LogP contribution in [0, 0.1) is 34.5 Å². The molecular formula is C17H26ClFN2. The summed E-state index contributed by atoms with van der Waals surface area (Å²) in [5.74, 6) is 0.563. The van der Waals surface area contributed by atoms with Crippen molar-refractivity contribution in [2.24, 2.45) is 23.2 Å². The van der Waals surface area contributed by atoms with Crippen LogP contribution in [-0.2, 0) is 0 Å². The van der Waals surface area contributed by atoms with E-state index in [0.29, 0.717) is 0 Å². The van der Waals surface area contributed by atoms with E-state index in [-0.39, 0.29) is 34.2 Å². The minimum absolute atomic E-state index is 0.0181. The van der Waals surface area contributed by atoms with Gasteiger partial charge in [-0.05, 0) is 29.7 Å². The molecule has 1 aliphatic heterocycles. The molecule has 4 atom stereocenters. The van der Waals surface area contributed by atoms with Crippen molar-refractivity contribution in [1.82, 2.24) is 5.32 Å². The van der Waals surface area contributed by atoms with Crippen LogP contribution in [0.2, 0.25) is 0 Å². The molecule has 0 aliphatic carbocycles. The van der Waals surface area contributed by atoms with Gasteiger partial charge in [-0.2, -0.15) is 5.26 Å². The lowest BCUT2D eigenvalue weighted by Gasteiger charge is -2.26. The number of nitrogens with one attached hydrogen (secondary N) is 1. The van der Waals surface area contributed by atoms with Crippen molar-refractivity contribution in [3.63, 3.8) is 0 Å². The number of alkyl halides is 1. The second kappa shape index (κ2) is 7.96. The van der Waals surface area contributed by atoms with Gasteiger partial charge in [0.1, 0.15) is 6.67 Å². The van der Waals surface area contributed by atoms with Crippen molar-refractivity contribution in [3.8, 4) is 6.07 Å². The Hall–Kier alpha value is -0.850. The Morgan fingerprint density at radius 3 is 2.71 bits per heavy atom. The van der Waals surface area contributed by atoms with Crippen LogP contribution in [0.5, 0.6) is 0 Å². The largest absolute Gasteiger partial charge is 0.312 e. The minimum atomic E-state index is -0.639. The molecule has 4 heteroatoms. The van der Waals surface area contributed by atoms with E-state index in [2.05, 4.69) is 39.1 Å². The topological polar surface area (TPSA) is 35.8 Å². The molecule has 0 aromatic rings. The zero-order chi connectivity index (χ0) is 16.0. The number of hydrogen-bond acceptors (Lipinski definition) is 2. The molecule has 0 bridgehead atoms. The third-order valence-electron chi connectivity index (χ3n) is 3.99. The predicted octanol–water partition coefficient (Wildman–Crippen LogP) is 4.43. The first kappa shape index (κ1) is 18.2. The molecule has 0 spiro atoms. The molecule has 21 heavy (non-hydrogen) atoms. The number of allylic oxidation sites excluding steroid dienone is 4. The van der Waals surface area contributed by atoms with Crippen LogP contribution in [0.1, 0.15) is 34.1 Å². The van der Waals surface area contributed by atoms with Gasteiger partial charge in [-0.1, -0.05) is 51.4 Å². The van der Waals surface area contributed by atoms with E-state index in [1.54, 1.807) is 12.2 Å². The molecule has 0 aromatic carbocycles. The molecule has 1 rings (SSSR count). The number of halogens is 2. The van der Waals surface area contributed by atoms with Crippen molar-refractivity contribution < 1.29 is 4.39 Å². The fraction of sp³-hybridized carbons (Fsp3) is 0.706. The van der Waals surface area contributed by atoms with E-state index in [9.17, 15) is 9.65 Å². The summed E-state index contributed by atoms with van der Waals surface area (Å²) in [6.45, 7) is 8.91. The normalized spacial score (nSPS) is 28.8. The zero-order valence-electron chi connectivity index (χ0n) is 13.4. The van der Waals surface area contributed by atoms with Gasteiger partial charge in [0.05, 0.1) is 12.0 Å². The molecule has 1 heterocycles. The Morgan fingerprint density at radius 2 is 2.19 bits per heavy atom. The number of nitrogens with zero attached hydrogens (tertiary/aromatic N) is 1. The van der Waals surface area contributed by atoms with E-state index in [1.165, 1.54) is 0 Å². The van der Waals surface area contributed by atoms with Crippen LogP contribution in [-0.4, -0.2) is 19.3 Å². The SMILES string of the molecule is CC(/C=C\C=C(\Cl)CF)C1CNC(CC(C)(C)C)C1C#N. The van der Waals surface area contributed by atoms with Crippen LogP contribution >= 0.6 is 11.6 Å². The smallest absolute Gasteiger partial charge is 0.125 e. The third kappa shape index (κ3) is 5.80. The summed E-state index contributed by atoms with van der Waals surface area (Å²) in [6, 6.07) is 2.73. The van der Waals surface area contributed by atoms with Gasteiger partial charge in [0.2, 0.25) is 0 Å². The van der Waals surface area contributed by atoms with Crippen molar-refractivity contribution >= 4 is 11.6 Å². The van der Waals surface area contributed by atoms with E-state index in [0.717, 1.165) is 13.0 Å². The Balaban J connectivity index is 2.69. The number of hydrogen-bond donors (Lipinski definition) is 1. The van der Waals surface area contributed by atoms with Crippen LogP contribution in [0.4, 0.5) is 4.39 Å². The van der Waals surface area contributed by atoms with Gasteiger partial charge >= 0.3 is 0 Å². The summed E-state index contributed by atoms with van der Waals surface area (Å²) >= 11 is 5.63. The fourth-order valence-electron chi connectivity index (χ4n) is 2.92. The van der Waals surface area contributed by atoms with Crippen LogP contribution in [0.3, 0.4) is 0 Å². The Morgan fingerprint density at radius 1 is 1.52 bits per heavy atom. The van der Waals surface area contributed by atoms with Crippen molar-refractivity contribution in [3.05, 3.63) is 23.3 Å². The molecule has 1 N–H and O–H groups in total. The first-order chi connectivity index (χ1) is 9.78. The summed E-state index contributed by atoms with van der Waals surface area (Å²) in [4.78, 5) is 0. The van der Waals surface area contributed by atoms with Gasteiger partial charge in [-0.25, -0.2) is 4.39 Å². The summed E-state index contributed by atoms with van der Waals surface area (Å²) in [7, 11) is 0. The quantitative estimate of drug-likeness (QED) is 0.762. The van der Waals surface area contributed by atoms with Gasteiger partial charge in [-0.15, -0.1) is 0 Å². The summed E-state index contributed by atoms with van der Waals surface area (Å²) in [5.41, 5.74) is 0.206. The molecule has 0 aromatic heterocycles. The standard InChI is InChI=1S/C17H26ClFN2/c1-12(6-5-7-13(18)9-19)15-11-21-16(14(15)10-20)8-17(2,3)4/h5-7,12,14-16,21H,8-9,11H2,1-4H3/b6-5-,13-7+. The lowest BCUT2D eigenvalue weighted by atomic mass is 9.78.